The first-order valence-electron chi connectivity index (χ1n) is 11.0. The zero-order valence-electron chi connectivity index (χ0n) is 20.0. The summed E-state index contributed by atoms with van der Waals surface area (Å²) in [5, 5.41) is 7.59. The summed E-state index contributed by atoms with van der Waals surface area (Å²) in [7, 11) is 1.52. The van der Waals surface area contributed by atoms with Crippen LogP contribution in [0.3, 0.4) is 0 Å². The first kappa shape index (κ1) is 27.9. The Labute approximate surface area is 221 Å². The van der Waals surface area contributed by atoms with Crippen molar-refractivity contribution < 1.29 is 27.9 Å². The molecule has 1 aromatic heterocycles. The Morgan fingerprint density at radius 2 is 1.86 bits per heavy atom. The molecule has 1 aromatic carbocycles. The van der Waals surface area contributed by atoms with Crippen LogP contribution in [-0.2, 0) is 10.2 Å². The van der Waals surface area contributed by atoms with Crippen LogP contribution in [-0.4, -0.2) is 49.0 Å². The van der Waals surface area contributed by atoms with Gasteiger partial charge in [-0.1, -0.05) is 44.0 Å². The first-order chi connectivity index (χ1) is 16.8. The average molecular weight is 563 g/mol. The number of amides is 4. The van der Waals surface area contributed by atoms with Crippen molar-refractivity contribution in [3.05, 3.63) is 38.7 Å². The third-order valence-electron chi connectivity index (χ3n) is 5.50. The van der Waals surface area contributed by atoms with Gasteiger partial charge in [0.25, 0.3) is 5.91 Å². The van der Waals surface area contributed by atoms with E-state index in [9.17, 15) is 23.2 Å². The molecule has 1 fully saturated rings. The molecule has 0 unspecified atom stereocenters. The molecule has 0 aliphatic carbocycles. The van der Waals surface area contributed by atoms with Crippen LogP contribution in [0.25, 0.3) is 0 Å². The number of halogens is 4. The minimum absolute atomic E-state index is 0.0560. The average Bonchev–Trinajstić information content (AvgIpc) is 3.45. The Kier molecular flexibility index (Phi) is 8.68. The quantitative estimate of drug-likeness (QED) is 0.405. The van der Waals surface area contributed by atoms with Gasteiger partial charge >= 0.3 is 12.6 Å². The predicted molar refractivity (Wildman–Crippen MR) is 137 cm³/mol. The van der Waals surface area contributed by atoms with Crippen LogP contribution in [0.15, 0.2) is 18.2 Å². The molecule has 1 aliphatic rings. The van der Waals surface area contributed by atoms with Gasteiger partial charge in [-0.15, -0.1) is 11.3 Å². The second-order valence-electron chi connectivity index (χ2n) is 9.07. The molecular weight excluding hydrogens is 537 g/mol. The van der Waals surface area contributed by atoms with Crippen molar-refractivity contribution in [3.8, 4) is 5.75 Å². The lowest BCUT2D eigenvalue weighted by Crippen LogP contribution is -2.45. The van der Waals surface area contributed by atoms with E-state index < -0.39 is 18.7 Å². The molecule has 8 nitrogen and oxygen atoms in total. The Hall–Kier alpha value is -2.63. The normalized spacial score (nSPS) is 15.7. The Morgan fingerprint density at radius 3 is 2.47 bits per heavy atom. The molecule has 13 heteroatoms. The van der Waals surface area contributed by atoms with E-state index in [0.29, 0.717) is 24.4 Å². The number of hydrogen-bond donors (Lipinski definition) is 3. The van der Waals surface area contributed by atoms with Gasteiger partial charge in [0, 0.05) is 18.5 Å². The van der Waals surface area contributed by atoms with Gasteiger partial charge in [0.15, 0.2) is 0 Å². The van der Waals surface area contributed by atoms with Crippen LogP contribution in [0.1, 0.15) is 48.8 Å². The van der Waals surface area contributed by atoms with E-state index in [0.717, 1.165) is 10.9 Å². The van der Waals surface area contributed by atoms with E-state index >= 15 is 0 Å². The highest BCUT2D eigenvalue weighted by Gasteiger charge is 2.36. The number of carbonyl (C=O) groups is 3. The summed E-state index contributed by atoms with van der Waals surface area (Å²) in [5.41, 5.74) is 0.0137. The summed E-state index contributed by atoms with van der Waals surface area (Å²) in [6.07, 6.45) is 1.24. The van der Waals surface area contributed by atoms with Crippen molar-refractivity contribution in [2.45, 2.75) is 51.7 Å². The van der Waals surface area contributed by atoms with E-state index in [1.54, 1.807) is 6.07 Å². The van der Waals surface area contributed by atoms with Gasteiger partial charge in [-0.25, -0.2) is 4.79 Å². The molecular formula is C23H26Cl2F2N4O4S. The number of carbonyl (C=O) groups excluding carboxylic acids is 3. The van der Waals surface area contributed by atoms with Gasteiger partial charge in [0.1, 0.15) is 21.8 Å². The number of nitrogens with zero attached hydrogens (tertiary/aromatic N) is 1. The summed E-state index contributed by atoms with van der Waals surface area (Å²) >= 11 is 13.4. The maximum atomic E-state index is 13.5. The molecule has 196 valence electrons. The molecule has 3 rings (SSSR count). The molecule has 0 bridgehead atoms. The fourth-order valence-electron chi connectivity index (χ4n) is 3.69. The van der Waals surface area contributed by atoms with Crippen LogP contribution in [0, 0.1) is 0 Å². The highest BCUT2D eigenvalue weighted by atomic mass is 35.5. The first-order valence-corrected chi connectivity index (χ1v) is 12.6. The van der Waals surface area contributed by atoms with Crippen molar-refractivity contribution in [3.63, 3.8) is 0 Å². The van der Waals surface area contributed by atoms with Crippen LogP contribution in [0.4, 0.5) is 24.3 Å². The Balaban J connectivity index is 1.86. The van der Waals surface area contributed by atoms with Crippen molar-refractivity contribution in [1.29, 1.82) is 0 Å². The van der Waals surface area contributed by atoms with Crippen LogP contribution >= 0.6 is 34.5 Å². The fraction of sp³-hybridized carbons (Fsp3) is 0.435. The van der Waals surface area contributed by atoms with Crippen molar-refractivity contribution >= 4 is 63.1 Å². The molecule has 0 radical (unpaired) electrons. The standard InChI is InChI=1S/C23H26Cl2F2N4O4S/c1-23(2,3)15-10-11(20(33)31-9-5-6-13(31)18(32)28-4)19(36-15)30-22(34)29-12-7-8-14(35-21(26)27)17(25)16(12)24/h7-8,10,13,21H,5-6,9H2,1-4H3,(H,28,32)(H2,29,30,34)/t13-/m0/s1. The molecule has 0 saturated carbocycles. The van der Waals surface area contributed by atoms with Crippen LogP contribution in [0.2, 0.25) is 10.0 Å². The van der Waals surface area contributed by atoms with Gasteiger partial charge in [0.05, 0.1) is 16.3 Å². The highest BCUT2D eigenvalue weighted by molar-refractivity contribution is 7.16. The monoisotopic (exact) mass is 562 g/mol. The zero-order chi connectivity index (χ0) is 26.8. The lowest BCUT2D eigenvalue weighted by molar-refractivity contribution is -0.124. The SMILES string of the molecule is CNC(=O)[C@@H]1CCCN1C(=O)c1cc(C(C)(C)C)sc1NC(=O)Nc1ccc(OC(F)F)c(Cl)c1Cl. The largest absolute Gasteiger partial charge is 0.433 e. The minimum atomic E-state index is -3.09. The predicted octanol–water partition coefficient (Wildman–Crippen LogP) is 5.95. The number of ether oxygens (including phenoxy) is 1. The summed E-state index contributed by atoms with van der Waals surface area (Å²) in [5.74, 6) is -0.942. The Bertz CT molecular complexity index is 1170. The van der Waals surface area contributed by atoms with Crippen molar-refractivity contribution in [2.24, 2.45) is 0 Å². The van der Waals surface area contributed by atoms with Crippen molar-refractivity contribution in [1.82, 2.24) is 10.2 Å². The summed E-state index contributed by atoms with van der Waals surface area (Å²) in [6, 6.07) is 2.83. The molecule has 1 saturated heterocycles. The molecule has 2 aromatic rings. The van der Waals surface area contributed by atoms with Gasteiger partial charge in [-0.3, -0.25) is 14.9 Å². The van der Waals surface area contributed by atoms with E-state index in [1.165, 1.54) is 29.4 Å². The number of nitrogens with one attached hydrogen (secondary N) is 3. The zero-order valence-corrected chi connectivity index (χ0v) is 22.3. The van der Waals surface area contributed by atoms with Crippen LogP contribution in [0.5, 0.6) is 5.75 Å². The second-order valence-corrected chi connectivity index (χ2v) is 10.9. The molecule has 36 heavy (non-hydrogen) atoms. The number of alkyl halides is 2. The smallest absolute Gasteiger partial charge is 0.387 e. The molecule has 2 heterocycles. The maximum Gasteiger partial charge on any atom is 0.387 e. The van der Waals surface area contributed by atoms with Crippen molar-refractivity contribution in [2.75, 3.05) is 24.2 Å². The fourth-order valence-corrected chi connectivity index (χ4v) is 5.20. The number of likely N-dealkylation sites (N-methyl/N-ethyl adjacent to an activating group) is 1. The number of anilines is 2. The van der Waals surface area contributed by atoms with E-state index in [1.807, 2.05) is 20.8 Å². The number of thiophene rings is 1. The number of rotatable bonds is 6. The summed E-state index contributed by atoms with van der Waals surface area (Å²) in [4.78, 5) is 40.9. The molecule has 1 aliphatic heterocycles. The number of benzene rings is 1. The third-order valence-corrected chi connectivity index (χ3v) is 7.84. The van der Waals surface area contributed by atoms with Gasteiger partial charge in [0.2, 0.25) is 5.91 Å². The molecule has 1 atom stereocenters. The number of likely N-dealkylation sites (tertiary alicyclic amines) is 1. The summed E-state index contributed by atoms with van der Waals surface area (Å²) < 4.78 is 29.3. The van der Waals surface area contributed by atoms with Crippen LogP contribution < -0.4 is 20.7 Å². The lowest BCUT2D eigenvalue weighted by Gasteiger charge is -2.23. The van der Waals surface area contributed by atoms with E-state index in [2.05, 4.69) is 20.7 Å². The highest BCUT2D eigenvalue weighted by Crippen LogP contribution is 2.40. The van der Waals surface area contributed by atoms with E-state index in [-0.39, 0.29) is 44.3 Å². The van der Waals surface area contributed by atoms with Gasteiger partial charge in [-0.2, -0.15) is 8.78 Å². The maximum absolute atomic E-state index is 13.5. The van der Waals surface area contributed by atoms with Gasteiger partial charge < -0.3 is 20.3 Å². The second kappa shape index (κ2) is 11.2. The molecule has 0 spiro atoms. The number of urea groups is 1. The minimum Gasteiger partial charge on any atom is -0.433 e. The summed E-state index contributed by atoms with van der Waals surface area (Å²) in [6.45, 7) is 3.26. The third kappa shape index (κ3) is 6.19. The molecule has 4 amide bonds. The van der Waals surface area contributed by atoms with Gasteiger partial charge in [-0.05, 0) is 36.5 Å². The topological polar surface area (TPSA) is 99.8 Å². The number of hydrogen-bond acceptors (Lipinski definition) is 5. The Morgan fingerprint density at radius 1 is 1.17 bits per heavy atom. The lowest BCUT2D eigenvalue weighted by atomic mass is 9.94. The van der Waals surface area contributed by atoms with E-state index in [4.69, 9.17) is 23.2 Å². The molecule has 3 N–H and O–H groups in total.